The van der Waals surface area contributed by atoms with Crippen LogP contribution in [-0.2, 0) is 6.54 Å². The third kappa shape index (κ3) is 4.24. The first-order valence-electron chi connectivity index (χ1n) is 12.3. The summed E-state index contributed by atoms with van der Waals surface area (Å²) < 4.78 is 4.17. The number of aliphatic hydroxyl groups is 1. The van der Waals surface area contributed by atoms with Gasteiger partial charge in [-0.15, -0.1) is 0 Å². The molecule has 9 nitrogen and oxygen atoms in total. The van der Waals surface area contributed by atoms with Crippen LogP contribution < -0.4 is 5.73 Å². The van der Waals surface area contributed by atoms with E-state index in [1.165, 1.54) is 19.4 Å². The van der Waals surface area contributed by atoms with E-state index in [0.717, 1.165) is 53.1 Å². The molecule has 5 heterocycles. The summed E-state index contributed by atoms with van der Waals surface area (Å²) in [4.78, 5) is 16.2. The van der Waals surface area contributed by atoms with Gasteiger partial charge >= 0.3 is 0 Å². The third-order valence-corrected chi connectivity index (χ3v) is 6.77. The van der Waals surface area contributed by atoms with Gasteiger partial charge in [-0.25, -0.2) is 15.0 Å². The number of nitrogen functional groups attached to an aromatic ring is 1. The number of aryl methyl sites for hydroxylation is 1. The average Bonchev–Trinajstić information content (AvgIpc) is 3.39. The molecule has 0 spiro atoms. The van der Waals surface area contributed by atoms with Crippen molar-refractivity contribution in [1.29, 1.82) is 0 Å². The molecule has 9 heteroatoms. The van der Waals surface area contributed by atoms with Crippen LogP contribution >= 0.6 is 0 Å². The van der Waals surface area contributed by atoms with Gasteiger partial charge in [0.15, 0.2) is 0 Å². The molecule has 0 aromatic carbocycles. The normalized spacial score (nSPS) is 17.0. The molecule has 0 amide bonds. The number of pyridine rings is 1. The molecule has 4 aromatic heterocycles. The van der Waals surface area contributed by atoms with Gasteiger partial charge in [0.25, 0.3) is 0 Å². The van der Waals surface area contributed by atoms with Crippen LogP contribution in [0.4, 0.5) is 5.95 Å². The lowest BCUT2D eigenvalue weighted by molar-refractivity contribution is 0.104. The first kappa shape index (κ1) is 22.0. The van der Waals surface area contributed by atoms with Gasteiger partial charge in [-0.05, 0) is 51.5 Å². The summed E-state index contributed by atoms with van der Waals surface area (Å²) in [6.07, 6.45) is 8.67. The Bertz CT molecular complexity index is 1490. The highest BCUT2D eigenvalue weighted by Crippen LogP contribution is 2.38. The molecule has 180 valence electrons. The van der Waals surface area contributed by atoms with Crippen LogP contribution in [0.25, 0.3) is 33.2 Å². The van der Waals surface area contributed by atoms with Crippen molar-refractivity contribution < 1.29 is 5.11 Å². The van der Waals surface area contributed by atoms with Gasteiger partial charge in [-0.3, -0.25) is 9.58 Å². The zero-order valence-electron chi connectivity index (χ0n) is 20.4. The predicted molar refractivity (Wildman–Crippen MR) is 136 cm³/mol. The lowest BCUT2D eigenvalue weighted by Gasteiger charge is -2.40. The monoisotopic (exact) mass is 470 g/mol. The quantitative estimate of drug-likeness (QED) is 0.432. The molecule has 0 unspecified atom stereocenters. The molecular formula is C26H30N8O. The molecule has 1 saturated heterocycles. The summed E-state index contributed by atoms with van der Waals surface area (Å²) in [5.41, 5.74) is 9.76. The molecular weight excluding hydrogens is 440 g/mol. The predicted octanol–water partition coefficient (Wildman–Crippen LogP) is 2.83. The lowest BCUT2D eigenvalue weighted by atomic mass is 10.1. The number of nitrogens with zero attached hydrogens (tertiary/aromatic N) is 7. The van der Waals surface area contributed by atoms with Gasteiger partial charge in [0.1, 0.15) is 28.0 Å². The van der Waals surface area contributed by atoms with Crippen LogP contribution in [0.3, 0.4) is 0 Å². The van der Waals surface area contributed by atoms with E-state index in [1.807, 2.05) is 30.1 Å². The molecule has 4 aromatic rings. The maximum Gasteiger partial charge on any atom is 0.221 e. The Balaban J connectivity index is 1.49. The third-order valence-electron chi connectivity index (χ3n) is 6.77. The van der Waals surface area contributed by atoms with Crippen LogP contribution in [0.1, 0.15) is 45.3 Å². The van der Waals surface area contributed by atoms with Gasteiger partial charge in [0.05, 0.1) is 24.0 Å². The minimum Gasteiger partial charge on any atom is -0.378 e. The first-order valence-corrected chi connectivity index (χ1v) is 12.3. The van der Waals surface area contributed by atoms with E-state index in [4.69, 9.17) is 10.8 Å². The van der Waals surface area contributed by atoms with Crippen molar-refractivity contribution in [2.75, 3.05) is 25.4 Å². The largest absolute Gasteiger partial charge is 0.378 e. The maximum absolute atomic E-state index is 10.1. The summed E-state index contributed by atoms with van der Waals surface area (Å²) in [5, 5.41) is 15.8. The van der Waals surface area contributed by atoms with E-state index in [9.17, 15) is 5.11 Å². The van der Waals surface area contributed by atoms with Crippen molar-refractivity contribution in [3.8, 4) is 23.1 Å². The molecule has 35 heavy (non-hydrogen) atoms. The van der Waals surface area contributed by atoms with E-state index in [0.29, 0.717) is 17.4 Å². The fraction of sp³-hybridized carbons (Fsp3) is 0.462. The SMILES string of the molecule is CCn1cc2nc(N)nc(-c3cn(C4CN(CC5CC5)C4)c4cnc(C#CC(C)(C)O)cc34)c2n1. The zero-order chi connectivity index (χ0) is 24.3. The number of likely N-dealkylation sites (tertiary alicyclic amines) is 1. The van der Waals surface area contributed by atoms with Crippen LogP contribution in [0.5, 0.6) is 0 Å². The Labute approximate surface area is 204 Å². The van der Waals surface area contributed by atoms with Gasteiger partial charge in [-0.1, -0.05) is 5.92 Å². The van der Waals surface area contributed by atoms with Crippen molar-refractivity contribution in [2.45, 2.75) is 51.8 Å². The van der Waals surface area contributed by atoms with Crippen LogP contribution in [0, 0.1) is 17.8 Å². The average molecular weight is 471 g/mol. The first-order chi connectivity index (χ1) is 16.8. The summed E-state index contributed by atoms with van der Waals surface area (Å²) in [6, 6.07) is 2.35. The molecule has 1 aliphatic carbocycles. The number of fused-ring (bicyclic) bond motifs is 2. The number of hydrogen-bond donors (Lipinski definition) is 2. The van der Waals surface area contributed by atoms with Crippen LogP contribution in [-0.4, -0.2) is 64.5 Å². The molecule has 3 N–H and O–H groups in total. The standard InChI is InChI=1S/C26H30N8O/c1-4-33-15-21-24(31-33)23(30-25(27)29-21)20-14-34(18-12-32(13-18)11-16-5-6-16)22-10-28-17(9-19(20)22)7-8-26(2,3)35/h9-10,14-16,18,35H,4-6,11-13H2,1-3H3,(H2,27,29). The molecule has 1 saturated carbocycles. The second-order valence-electron chi connectivity index (χ2n) is 10.3. The molecule has 0 radical (unpaired) electrons. The van der Waals surface area contributed by atoms with Crippen molar-refractivity contribution in [1.82, 2.24) is 34.2 Å². The molecule has 0 atom stereocenters. The van der Waals surface area contributed by atoms with E-state index >= 15 is 0 Å². The summed E-state index contributed by atoms with van der Waals surface area (Å²) in [5.74, 6) is 6.98. The fourth-order valence-electron chi connectivity index (χ4n) is 4.78. The highest BCUT2D eigenvalue weighted by Gasteiger charge is 2.34. The van der Waals surface area contributed by atoms with E-state index in [2.05, 4.69) is 42.5 Å². The lowest BCUT2D eigenvalue weighted by Crippen LogP contribution is -2.48. The Kier molecular flexibility index (Phi) is 5.06. The second kappa shape index (κ2) is 8.04. The number of anilines is 1. The molecule has 2 fully saturated rings. The second-order valence-corrected chi connectivity index (χ2v) is 10.3. The number of rotatable bonds is 5. The van der Waals surface area contributed by atoms with E-state index in [1.54, 1.807) is 13.8 Å². The summed E-state index contributed by atoms with van der Waals surface area (Å²) in [7, 11) is 0. The van der Waals surface area contributed by atoms with Gasteiger partial charge in [0.2, 0.25) is 5.95 Å². The van der Waals surface area contributed by atoms with Crippen molar-refractivity contribution >= 4 is 27.9 Å². The van der Waals surface area contributed by atoms with Gasteiger partial charge in [0, 0.05) is 43.3 Å². The Morgan fingerprint density at radius 2 is 2.00 bits per heavy atom. The molecule has 6 rings (SSSR count). The van der Waals surface area contributed by atoms with Gasteiger partial charge in [-0.2, -0.15) is 5.10 Å². The Morgan fingerprint density at radius 1 is 1.20 bits per heavy atom. The smallest absolute Gasteiger partial charge is 0.221 e. The fourth-order valence-corrected chi connectivity index (χ4v) is 4.78. The summed E-state index contributed by atoms with van der Waals surface area (Å²) in [6.45, 7) is 9.37. The van der Waals surface area contributed by atoms with Crippen LogP contribution in [0.15, 0.2) is 24.7 Å². The van der Waals surface area contributed by atoms with Crippen LogP contribution in [0.2, 0.25) is 0 Å². The minimum atomic E-state index is -1.09. The van der Waals surface area contributed by atoms with Crippen molar-refractivity contribution in [3.63, 3.8) is 0 Å². The van der Waals surface area contributed by atoms with Crippen molar-refractivity contribution in [2.24, 2.45) is 5.92 Å². The minimum absolute atomic E-state index is 0.222. The highest BCUT2D eigenvalue weighted by atomic mass is 16.3. The van der Waals surface area contributed by atoms with Gasteiger partial charge < -0.3 is 15.4 Å². The highest BCUT2D eigenvalue weighted by molar-refractivity contribution is 6.02. The Hall–Kier alpha value is -3.48. The molecule has 0 bridgehead atoms. The number of aromatic nitrogens is 6. The summed E-state index contributed by atoms with van der Waals surface area (Å²) >= 11 is 0. The number of hydrogen-bond acceptors (Lipinski definition) is 7. The van der Waals surface area contributed by atoms with E-state index < -0.39 is 5.60 Å². The Morgan fingerprint density at radius 3 is 2.71 bits per heavy atom. The zero-order valence-corrected chi connectivity index (χ0v) is 20.4. The molecule has 1 aliphatic heterocycles. The van der Waals surface area contributed by atoms with E-state index in [-0.39, 0.29) is 5.95 Å². The van der Waals surface area contributed by atoms with Crippen molar-refractivity contribution in [3.05, 3.63) is 30.4 Å². The topological polar surface area (TPSA) is 111 Å². The maximum atomic E-state index is 10.1. The number of nitrogens with two attached hydrogens (primary N) is 1. The molecule has 2 aliphatic rings.